The van der Waals surface area contributed by atoms with Gasteiger partial charge in [0.1, 0.15) is 0 Å². The quantitative estimate of drug-likeness (QED) is 0.162. The summed E-state index contributed by atoms with van der Waals surface area (Å²) in [7, 11) is 0. The number of nitrogens with zero attached hydrogens (tertiary/aromatic N) is 3. The minimum atomic E-state index is 0.249. The Bertz CT molecular complexity index is 3610. The number of rotatable bonds is 5. The smallest absolute Gasteiger partial charge is 0.152 e. The van der Waals surface area contributed by atoms with E-state index in [-0.39, 0.29) is 11.8 Å². The van der Waals surface area contributed by atoms with Crippen LogP contribution in [0, 0.1) is 0 Å². The van der Waals surface area contributed by atoms with Crippen LogP contribution in [0.2, 0.25) is 0 Å². The van der Waals surface area contributed by atoms with Gasteiger partial charge in [0.2, 0.25) is 0 Å². The van der Waals surface area contributed by atoms with E-state index in [4.69, 9.17) is 9.47 Å². The molecular weight excluding hydrogens is 771 g/mol. The molecule has 0 atom stereocenters. The van der Waals surface area contributed by atoms with Gasteiger partial charge in [0, 0.05) is 27.2 Å². The summed E-state index contributed by atoms with van der Waals surface area (Å²) in [4.78, 5) is 4.89. The molecule has 0 unspecified atom stereocenters. The molecule has 0 spiro atoms. The van der Waals surface area contributed by atoms with Gasteiger partial charge in [-0.25, -0.2) is 0 Å². The highest BCUT2D eigenvalue weighted by Gasteiger charge is 2.33. The number of anilines is 6. The van der Waals surface area contributed by atoms with Gasteiger partial charge in [0.25, 0.3) is 0 Å². The van der Waals surface area contributed by atoms with Crippen molar-refractivity contribution < 1.29 is 9.47 Å². The molecule has 13 rings (SSSR count). The van der Waals surface area contributed by atoms with E-state index in [0.29, 0.717) is 0 Å². The van der Waals surface area contributed by atoms with Crippen LogP contribution in [0.1, 0.15) is 50.7 Å². The van der Waals surface area contributed by atoms with Crippen LogP contribution in [-0.4, -0.2) is 4.57 Å². The molecule has 1 aromatic heterocycles. The largest absolute Gasteiger partial charge is 0.453 e. The van der Waals surface area contributed by atoms with Crippen molar-refractivity contribution in [2.24, 2.45) is 0 Å². The van der Waals surface area contributed by atoms with Gasteiger partial charge < -0.3 is 23.8 Å². The van der Waals surface area contributed by atoms with Crippen molar-refractivity contribution in [1.29, 1.82) is 0 Å². The molecule has 3 heterocycles. The third kappa shape index (κ3) is 5.11. The molecule has 0 saturated heterocycles. The minimum absolute atomic E-state index is 0.249. The highest BCUT2D eigenvalue weighted by atomic mass is 16.5. The normalized spacial score (nSPS) is 13.2. The Morgan fingerprint density at radius 3 is 1.38 bits per heavy atom. The topological polar surface area (TPSA) is 29.9 Å². The second-order valence-electron chi connectivity index (χ2n) is 17.7. The van der Waals surface area contributed by atoms with Gasteiger partial charge >= 0.3 is 0 Å². The molecule has 302 valence electrons. The summed E-state index contributed by atoms with van der Waals surface area (Å²) in [5.74, 6) is 3.89. The van der Waals surface area contributed by atoms with Crippen LogP contribution in [0.15, 0.2) is 176 Å². The molecule has 5 heteroatoms. The standard InChI is InChI=1S/C58H43N3O2/c1-34(2)40-30-37-27-29-48(61-46-22-12-15-25-53(46)63-54-32-42-39-18-8-9-19-43(39)59(49(42)33-50(54)61)38-16-6-5-7-17-38)58-41(35(3)4)31-36-26-28-47(57(40)55(36)56(37)58)60-44-20-10-13-23-51(44)62-52-24-14-11-21-45(52)60/h5-35H,1-4H3. The summed E-state index contributed by atoms with van der Waals surface area (Å²) in [6, 6.07) is 63.6. The van der Waals surface area contributed by atoms with Crippen molar-refractivity contribution >= 4 is 88.2 Å². The summed E-state index contributed by atoms with van der Waals surface area (Å²) in [5.41, 5.74) is 12.4. The Morgan fingerprint density at radius 1 is 0.349 bits per heavy atom. The fourth-order valence-electron chi connectivity index (χ4n) is 10.6. The molecule has 0 N–H and O–H groups in total. The average molecular weight is 814 g/mol. The molecule has 5 nitrogen and oxygen atoms in total. The van der Waals surface area contributed by atoms with Crippen LogP contribution in [-0.2, 0) is 0 Å². The third-order valence-electron chi connectivity index (χ3n) is 13.4. The van der Waals surface area contributed by atoms with Crippen molar-refractivity contribution in [2.75, 3.05) is 9.80 Å². The lowest BCUT2D eigenvalue weighted by Gasteiger charge is -2.36. The van der Waals surface area contributed by atoms with Gasteiger partial charge in [0.05, 0.1) is 45.2 Å². The lowest BCUT2D eigenvalue weighted by atomic mass is 9.82. The highest BCUT2D eigenvalue weighted by Crippen LogP contribution is 2.58. The molecule has 2 aliphatic heterocycles. The maximum atomic E-state index is 6.92. The predicted octanol–water partition coefficient (Wildman–Crippen LogP) is 17.1. The highest BCUT2D eigenvalue weighted by molar-refractivity contribution is 6.30. The van der Waals surface area contributed by atoms with Gasteiger partial charge in [0.15, 0.2) is 23.0 Å². The summed E-state index contributed by atoms with van der Waals surface area (Å²) < 4.78 is 15.8. The van der Waals surface area contributed by atoms with E-state index in [9.17, 15) is 0 Å². The van der Waals surface area contributed by atoms with Crippen molar-refractivity contribution in [3.8, 4) is 28.7 Å². The van der Waals surface area contributed by atoms with Gasteiger partial charge in [-0.05, 0) is 123 Å². The van der Waals surface area contributed by atoms with Crippen molar-refractivity contribution in [3.05, 3.63) is 187 Å². The Morgan fingerprint density at radius 2 is 0.825 bits per heavy atom. The van der Waals surface area contributed by atoms with E-state index in [1.807, 2.05) is 0 Å². The van der Waals surface area contributed by atoms with Crippen LogP contribution >= 0.6 is 0 Å². The second-order valence-corrected chi connectivity index (χ2v) is 17.7. The first-order chi connectivity index (χ1) is 30.9. The lowest BCUT2D eigenvalue weighted by molar-refractivity contribution is 0.477. The lowest BCUT2D eigenvalue weighted by Crippen LogP contribution is -2.17. The second kappa shape index (κ2) is 13.4. The summed E-state index contributed by atoms with van der Waals surface area (Å²) in [6.45, 7) is 9.31. The first kappa shape index (κ1) is 35.9. The van der Waals surface area contributed by atoms with Crippen molar-refractivity contribution in [2.45, 2.75) is 39.5 Å². The fourth-order valence-corrected chi connectivity index (χ4v) is 10.6. The van der Waals surface area contributed by atoms with E-state index in [0.717, 1.165) is 79.2 Å². The summed E-state index contributed by atoms with van der Waals surface area (Å²) >= 11 is 0. The van der Waals surface area contributed by atoms with Crippen LogP contribution in [0.4, 0.5) is 34.1 Å². The number of ether oxygens (including phenoxy) is 2. The molecule has 2 aliphatic rings. The van der Waals surface area contributed by atoms with Crippen LogP contribution in [0.25, 0.3) is 59.8 Å². The van der Waals surface area contributed by atoms with E-state index in [1.54, 1.807) is 0 Å². The van der Waals surface area contributed by atoms with Crippen LogP contribution in [0.3, 0.4) is 0 Å². The Balaban J connectivity index is 1.14. The maximum absolute atomic E-state index is 6.92. The van der Waals surface area contributed by atoms with Crippen LogP contribution in [0.5, 0.6) is 23.0 Å². The zero-order valence-electron chi connectivity index (χ0n) is 35.6. The Labute approximate surface area is 365 Å². The molecule has 0 saturated carbocycles. The molecular formula is C58H43N3O2. The molecule has 0 fully saturated rings. The number of aromatic nitrogens is 1. The van der Waals surface area contributed by atoms with E-state index < -0.39 is 0 Å². The number of fused-ring (bicyclic) bond motifs is 7. The molecule has 63 heavy (non-hydrogen) atoms. The van der Waals surface area contributed by atoms with Crippen molar-refractivity contribution in [1.82, 2.24) is 4.57 Å². The Kier molecular flexibility index (Phi) is 7.63. The maximum Gasteiger partial charge on any atom is 0.152 e. The summed E-state index contributed by atoms with van der Waals surface area (Å²) in [5, 5.41) is 9.97. The molecule has 0 aliphatic carbocycles. The predicted molar refractivity (Wildman–Crippen MR) is 262 cm³/mol. The monoisotopic (exact) mass is 813 g/mol. The molecule has 0 radical (unpaired) electrons. The minimum Gasteiger partial charge on any atom is -0.453 e. The average Bonchev–Trinajstić information content (AvgIpc) is 3.64. The van der Waals surface area contributed by atoms with E-state index in [1.165, 1.54) is 48.8 Å². The van der Waals surface area contributed by atoms with Gasteiger partial charge in [-0.15, -0.1) is 0 Å². The molecule has 0 bridgehead atoms. The van der Waals surface area contributed by atoms with Crippen molar-refractivity contribution in [3.63, 3.8) is 0 Å². The van der Waals surface area contributed by atoms with Gasteiger partial charge in [-0.1, -0.05) is 125 Å². The molecule has 0 amide bonds. The molecule has 11 aromatic rings. The van der Waals surface area contributed by atoms with Gasteiger partial charge in [-0.2, -0.15) is 0 Å². The number of hydrogen-bond donors (Lipinski definition) is 0. The molecule has 10 aromatic carbocycles. The zero-order chi connectivity index (χ0) is 42.1. The first-order valence-electron chi connectivity index (χ1n) is 22.1. The SMILES string of the molecule is CC(C)c1cc2ccc(N3c4ccccc4Oc4cc5c6ccccc6n(-c6ccccc6)c5cc43)c3c(C(C)C)cc4ccc(N5c6ccccc6Oc6ccccc65)c1c4c23. The number of hydrogen-bond acceptors (Lipinski definition) is 4. The zero-order valence-corrected chi connectivity index (χ0v) is 35.6. The van der Waals surface area contributed by atoms with E-state index >= 15 is 0 Å². The Hall–Kier alpha value is -7.76. The fraction of sp³-hybridized carbons (Fsp3) is 0.103. The first-order valence-corrected chi connectivity index (χ1v) is 22.1. The number of para-hydroxylation sites is 8. The van der Waals surface area contributed by atoms with Gasteiger partial charge in [-0.3, -0.25) is 0 Å². The van der Waals surface area contributed by atoms with Crippen LogP contribution < -0.4 is 19.3 Å². The summed E-state index contributed by atoms with van der Waals surface area (Å²) in [6.07, 6.45) is 0. The van der Waals surface area contributed by atoms with E-state index in [2.05, 4.69) is 218 Å². The third-order valence-corrected chi connectivity index (χ3v) is 13.4. The number of benzene rings is 10.